The van der Waals surface area contributed by atoms with Crippen molar-refractivity contribution in [2.24, 2.45) is 0 Å². The maximum Gasteiger partial charge on any atom is 0.251 e. The number of carbonyl (C=O) groups is 1. The fourth-order valence-electron chi connectivity index (χ4n) is 2.10. The smallest absolute Gasteiger partial charge is 0.251 e. The molecule has 0 aliphatic heterocycles. The van der Waals surface area contributed by atoms with Crippen molar-refractivity contribution in [2.75, 3.05) is 11.9 Å². The summed E-state index contributed by atoms with van der Waals surface area (Å²) in [4.78, 5) is 11.9. The summed E-state index contributed by atoms with van der Waals surface area (Å²) in [7, 11) is 0. The Hall–Kier alpha value is -2.30. The Balaban J connectivity index is 1.99. The largest absolute Gasteiger partial charge is 0.379 e. The first kappa shape index (κ1) is 15.1. The number of aromatic nitrogens is 2. The molecule has 0 spiro atoms. The van der Waals surface area contributed by atoms with Crippen LogP contribution in [0.3, 0.4) is 0 Å². The van der Waals surface area contributed by atoms with Gasteiger partial charge in [-0.1, -0.05) is 13.0 Å². The van der Waals surface area contributed by atoms with Crippen molar-refractivity contribution >= 4 is 11.6 Å². The number of anilines is 1. The van der Waals surface area contributed by atoms with Crippen LogP contribution >= 0.6 is 0 Å². The Morgan fingerprint density at radius 2 is 2.14 bits per heavy atom. The van der Waals surface area contributed by atoms with Crippen molar-refractivity contribution in [1.82, 2.24) is 15.1 Å². The van der Waals surface area contributed by atoms with E-state index in [0.29, 0.717) is 18.7 Å². The van der Waals surface area contributed by atoms with Gasteiger partial charge in [0.1, 0.15) is 0 Å². The minimum atomic E-state index is -0.0286. The lowest BCUT2D eigenvalue weighted by atomic mass is 10.2. The predicted molar refractivity (Wildman–Crippen MR) is 84.3 cm³/mol. The van der Waals surface area contributed by atoms with E-state index < -0.39 is 0 Å². The molecule has 1 amide bonds. The van der Waals surface area contributed by atoms with Gasteiger partial charge in [0, 0.05) is 30.5 Å². The van der Waals surface area contributed by atoms with Crippen molar-refractivity contribution in [3.63, 3.8) is 0 Å². The van der Waals surface area contributed by atoms with Crippen LogP contribution in [-0.4, -0.2) is 22.2 Å². The summed E-state index contributed by atoms with van der Waals surface area (Å²) in [6, 6.07) is 9.54. The number of nitrogens with zero attached hydrogens (tertiary/aromatic N) is 2. The molecule has 112 valence electrons. The average Bonchev–Trinajstić information content (AvgIpc) is 2.98. The molecule has 0 saturated heterocycles. The van der Waals surface area contributed by atoms with Gasteiger partial charge in [-0.25, -0.2) is 0 Å². The number of carbonyl (C=O) groups excluding carboxylic acids is 1. The molecule has 1 aromatic heterocycles. The molecular weight excluding hydrogens is 264 g/mol. The lowest BCUT2D eigenvalue weighted by molar-refractivity contribution is 0.0953. The molecule has 2 rings (SSSR count). The summed E-state index contributed by atoms with van der Waals surface area (Å²) in [6.07, 6.45) is 2.74. The number of hydrogen-bond donors (Lipinski definition) is 2. The molecular formula is C16H22N4O. The molecule has 1 aromatic carbocycles. The summed E-state index contributed by atoms with van der Waals surface area (Å²) in [5.41, 5.74) is 2.73. The summed E-state index contributed by atoms with van der Waals surface area (Å²) in [5, 5.41) is 10.5. The third-order valence-corrected chi connectivity index (χ3v) is 3.24. The van der Waals surface area contributed by atoms with E-state index in [9.17, 15) is 4.79 Å². The van der Waals surface area contributed by atoms with Crippen molar-refractivity contribution in [3.05, 3.63) is 47.8 Å². The Morgan fingerprint density at radius 3 is 2.90 bits per heavy atom. The van der Waals surface area contributed by atoms with Gasteiger partial charge >= 0.3 is 0 Å². The zero-order chi connectivity index (χ0) is 15.1. The van der Waals surface area contributed by atoms with Crippen LogP contribution in [0.5, 0.6) is 0 Å². The lowest BCUT2D eigenvalue weighted by Crippen LogP contribution is -2.23. The van der Waals surface area contributed by atoms with Gasteiger partial charge < -0.3 is 10.6 Å². The average molecular weight is 286 g/mol. The van der Waals surface area contributed by atoms with Gasteiger partial charge in [-0.3, -0.25) is 9.48 Å². The molecule has 2 N–H and O–H groups in total. The topological polar surface area (TPSA) is 59.0 Å². The Kier molecular flexibility index (Phi) is 5.37. The fourth-order valence-corrected chi connectivity index (χ4v) is 2.10. The van der Waals surface area contributed by atoms with Gasteiger partial charge in [0.2, 0.25) is 0 Å². The van der Waals surface area contributed by atoms with Gasteiger partial charge in [-0.15, -0.1) is 0 Å². The van der Waals surface area contributed by atoms with Crippen LogP contribution in [0.15, 0.2) is 36.5 Å². The molecule has 1 heterocycles. The SMILES string of the molecule is CCCNC(=O)c1cccc(NCc2ccnn2CC)c1. The molecule has 0 aliphatic rings. The van der Waals surface area contributed by atoms with E-state index in [2.05, 4.69) is 22.7 Å². The van der Waals surface area contributed by atoms with E-state index in [4.69, 9.17) is 0 Å². The highest BCUT2D eigenvalue weighted by atomic mass is 16.1. The minimum absolute atomic E-state index is 0.0286. The second-order valence-corrected chi connectivity index (χ2v) is 4.83. The van der Waals surface area contributed by atoms with Gasteiger partial charge in [-0.05, 0) is 37.6 Å². The number of hydrogen-bond acceptors (Lipinski definition) is 3. The Bertz CT molecular complexity index is 591. The molecule has 0 unspecified atom stereocenters. The second kappa shape index (κ2) is 7.47. The third kappa shape index (κ3) is 4.08. The van der Waals surface area contributed by atoms with Crippen molar-refractivity contribution in [1.29, 1.82) is 0 Å². The first-order valence-electron chi connectivity index (χ1n) is 7.37. The molecule has 0 atom stereocenters. The van der Waals surface area contributed by atoms with Gasteiger partial charge in [0.15, 0.2) is 0 Å². The summed E-state index contributed by atoms with van der Waals surface area (Å²) < 4.78 is 1.95. The van der Waals surface area contributed by atoms with E-state index in [1.807, 2.05) is 41.9 Å². The number of nitrogens with one attached hydrogen (secondary N) is 2. The molecule has 0 fully saturated rings. The highest BCUT2D eigenvalue weighted by Crippen LogP contribution is 2.12. The standard InChI is InChI=1S/C16H22N4O/c1-3-9-17-16(21)13-6-5-7-14(11-13)18-12-15-8-10-19-20(15)4-2/h5-8,10-11,18H,3-4,9,12H2,1-2H3,(H,17,21). The molecule has 5 heteroatoms. The highest BCUT2D eigenvalue weighted by molar-refractivity contribution is 5.95. The van der Waals surface area contributed by atoms with E-state index >= 15 is 0 Å². The van der Waals surface area contributed by atoms with Gasteiger partial charge in [0.25, 0.3) is 5.91 Å². The van der Waals surface area contributed by atoms with E-state index in [1.165, 1.54) is 0 Å². The number of amides is 1. The highest BCUT2D eigenvalue weighted by Gasteiger charge is 2.06. The summed E-state index contributed by atoms with van der Waals surface area (Å²) in [5.74, 6) is -0.0286. The predicted octanol–water partition coefficient (Wildman–Crippen LogP) is 2.65. The second-order valence-electron chi connectivity index (χ2n) is 4.83. The zero-order valence-corrected chi connectivity index (χ0v) is 12.6. The van der Waals surface area contributed by atoms with Crippen LogP contribution in [0.4, 0.5) is 5.69 Å². The quantitative estimate of drug-likeness (QED) is 0.822. The van der Waals surface area contributed by atoms with E-state index in [-0.39, 0.29) is 5.91 Å². The van der Waals surface area contributed by atoms with Crippen LogP contribution in [0.1, 0.15) is 36.3 Å². The Labute approximate surface area is 125 Å². The van der Waals surface area contributed by atoms with Crippen molar-refractivity contribution in [2.45, 2.75) is 33.4 Å². The van der Waals surface area contributed by atoms with Gasteiger partial charge in [-0.2, -0.15) is 5.10 Å². The normalized spacial score (nSPS) is 10.4. The molecule has 0 bridgehead atoms. The van der Waals surface area contributed by atoms with Crippen LogP contribution in [0.2, 0.25) is 0 Å². The monoisotopic (exact) mass is 286 g/mol. The zero-order valence-electron chi connectivity index (χ0n) is 12.6. The molecule has 0 radical (unpaired) electrons. The van der Waals surface area contributed by atoms with Crippen LogP contribution in [0, 0.1) is 0 Å². The number of aryl methyl sites for hydroxylation is 1. The summed E-state index contributed by atoms with van der Waals surface area (Å²) in [6.45, 7) is 6.34. The number of rotatable bonds is 7. The maximum absolute atomic E-state index is 11.9. The van der Waals surface area contributed by atoms with E-state index in [1.54, 1.807) is 6.20 Å². The maximum atomic E-state index is 11.9. The van der Waals surface area contributed by atoms with Crippen molar-refractivity contribution < 1.29 is 4.79 Å². The minimum Gasteiger partial charge on any atom is -0.379 e. The fraction of sp³-hybridized carbons (Fsp3) is 0.375. The van der Waals surface area contributed by atoms with Crippen LogP contribution in [-0.2, 0) is 13.1 Å². The first-order chi connectivity index (χ1) is 10.2. The molecule has 21 heavy (non-hydrogen) atoms. The Morgan fingerprint density at radius 1 is 1.29 bits per heavy atom. The van der Waals surface area contributed by atoms with Gasteiger partial charge in [0.05, 0.1) is 12.2 Å². The summed E-state index contributed by atoms with van der Waals surface area (Å²) >= 11 is 0. The number of benzene rings is 1. The molecule has 5 nitrogen and oxygen atoms in total. The molecule has 0 saturated carbocycles. The van der Waals surface area contributed by atoms with Crippen LogP contribution in [0.25, 0.3) is 0 Å². The third-order valence-electron chi connectivity index (χ3n) is 3.24. The first-order valence-corrected chi connectivity index (χ1v) is 7.37. The molecule has 2 aromatic rings. The van der Waals surface area contributed by atoms with E-state index in [0.717, 1.165) is 24.3 Å². The lowest BCUT2D eigenvalue weighted by Gasteiger charge is -2.10. The van der Waals surface area contributed by atoms with Crippen molar-refractivity contribution in [3.8, 4) is 0 Å². The van der Waals surface area contributed by atoms with Crippen LogP contribution < -0.4 is 10.6 Å². The molecule has 0 aliphatic carbocycles.